The zero-order valence-corrected chi connectivity index (χ0v) is 13.8. The number of methoxy groups -OCH3 is 1. The molecule has 2 aromatic rings. The van der Waals surface area contributed by atoms with Crippen molar-refractivity contribution < 1.29 is 9.13 Å². The number of ether oxygens (including phenoxy) is 1. The summed E-state index contributed by atoms with van der Waals surface area (Å²) >= 11 is 9.63. The molecule has 2 rings (SSSR count). The molecule has 0 bridgehead atoms. The molecular formula is C16H15BrClFO. The monoisotopic (exact) mass is 356 g/mol. The Morgan fingerprint density at radius 2 is 1.80 bits per heavy atom. The highest BCUT2D eigenvalue weighted by Gasteiger charge is 2.18. The fourth-order valence-electron chi connectivity index (χ4n) is 2.35. The van der Waals surface area contributed by atoms with E-state index in [1.807, 2.05) is 26.0 Å². The van der Waals surface area contributed by atoms with Gasteiger partial charge in [-0.3, -0.25) is 0 Å². The Kier molecular flexibility index (Phi) is 4.71. The highest BCUT2D eigenvalue weighted by Crippen LogP contribution is 2.36. The minimum atomic E-state index is -0.532. The fourth-order valence-corrected chi connectivity index (χ4v) is 3.02. The summed E-state index contributed by atoms with van der Waals surface area (Å²) in [6.07, 6.45) is 0. The normalized spacial score (nSPS) is 12.3. The van der Waals surface area contributed by atoms with Crippen LogP contribution in [0.1, 0.15) is 27.6 Å². The van der Waals surface area contributed by atoms with Gasteiger partial charge in [-0.2, -0.15) is 0 Å². The lowest BCUT2D eigenvalue weighted by Crippen LogP contribution is -2.00. The molecule has 106 valence electrons. The van der Waals surface area contributed by atoms with E-state index in [4.69, 9.17) is 16.3 Å². The third-order valence-electron chi connectivity index (χ3n) is 3.23. The molecule has 0 saturated carbocycles. The van der Waals surface area contributed by atoms with E-state index < -0.39 is 5.38 Å². The molecule has 0 radical (unpaired) electrons. The summed E-state index contributed by atoms with van der Waals surface area (Å²) in [5.74, 6) is 0.519. The predicted molar refractivity (Wildman–Crippen MR) is 84.3 cm³/mol. The van der Waals surface area contributed by atoms with E-state index in [-0.39, 0.29) is 5.82 Å². The first-order valence-corrected chi connectivity index (χ1v) is 7.41. The van der Waals surface area contributed by atoms with Crippen molar-refractivity contribution in [1.82, 2.24) is 0 Å². The van der Waals surface area contributed by atoms with Crippen LogP contribution < -0.4 is 4.74 Å². The Morgan fingerprint density at radius 1 is 1.20 bits per heavy atom. The van der Waals surface area contributed by atoms with E-state index >= 15 is 0 Å². The number of hydrogen-bond acceptors (Lipinski definition) is 1. The van der Waals surface area contributed by atoms with E-state index in [0.29, 0.717) is 10.0 Å². The molecule has 20 heavy (non-hydrogen) atoms. The molecule has 1 nitrogen and oxygen atoms in total. The topological polar surface area (TPSA) is 9.23 Å². The van der Waals surface area contributed by atoms with Crippen LogP contribution >= 0.6 is 27.5 Å². The molecule has 1 unspecified atom stereocenters. The molecule has 0 spiro atoms. The van der Waals surface area contributed by atoms with Crippen molar-refractivity contribution in [3.05, 3.63) is 62.9 Å². The zero-order valence-electron chi connectivity index (χ0n) is 11.5. The first kappa shape index (κ1) is 15.3. The van der Waals surface area contributed by atoms with Crippen molar-refractivity contribution in [3.63, 3.8) is 0 Å². The maximum atomic E-state index is 14.1. The van der Waals surface area contributed by atoms with E-state index in [1.54, 1.807) is 25.3 Å². The average molecular weight is 358 g/mol. The number of alkyl halides is 1. The maximum Gasteiger partial charge on any atom is 0.142 e. The third kappa shape index (κ3) is 2.84. The van der Waals surface area contributed by atoms with Gasteiger partial charge in [0.2, 0.25) is 0 Å². The van der Waals surface area contributed by atoms with Gasteiger partial charge in [-0.05, 0) is 52.5 Å². The van der Waals surface area contributed by atoms with E-state index in [2.05, 4.69) is 15.9 Å². The van der Waals surface area contributed by atoms with Crippen LogP contribution in [0.3, 0.4) is 0 Å². The summed E-state index contributed by atoms with van der Waals surface area (Å²) in [4.78, 5) is 0. The van der Waals surface area contributed by atoms with Gasteiger partial charge in [-0.15, -0.1) is 11.6 Å². The quantitative estimate of drug-likeness (QED) is 0.655. The summed E-state index contributed by atoms with van der Waals surface area (Å²) in [7, 11) is 1.64. The minimum absolute atomic E-state index is 0.321. The van der Waals surface area contributed by atoms with Crippen LogP contribution in [0, 0.1) is 19.7 Å². The van der Waals surface area contributed by atoms with E-state index in [1.165, 1.54) is 0 Å². The van der Waals surface area contributed by atoms with E-state index in [0.717, 1.165) is 22.4 Å². The van der Waals surface area contributed by atoms with Gasteiger partial charge >= 0.3 is 0 Å². The van der Waals surface area contributed by atoms with Gasteiger partial charge in [0.05, 0.1) is 17.0 Å². The number of hydrogen-bond donors (Lipinski definition) is 0. The Balaban J connectivity index is 2.49. The fraction of sp³-hybridized carbons (Fsp3) is 0.250. The van der Waals surface area contributed by atoms with Gasteiger partial charge in [0.1, 0.15) is 11.6 Å². The summed E-state index contributed by atoms with van der Waals surface area (Å²) in [6, 6.07) is 9.01. The Labute approximate surface area is 131 Å². The number of halogens is 3. The molecule has 1 atom stereocenters. The summed E-state index contributed by atoms with van der Waals surface area (Å²) < 4.78 is 19.9. The van der Waals surface area contributed by atoms with Crippen LogP contribution in [0.2, 0.25) is 0 Å². The molecule has 0 aliphatic heterocycles. The van der Waals surface area contributed by atoms with Gasteiger partial charge in [0.25, 0.3) is 0 Å². The van der Waals surface area contributed by atoms with Crippen molar-refractivity contribution in [3.8, 4) is 5.75 Å². The van der Waals surface area contributed by atoms with Crippen molar-refractivity contribution in [2.24, 2.45) is 0 Å². The number of benzene rings is 2. The molecule has 0 fully saturated rings. The van der Waals surface area contributed by atoms with Gasteiger partial charge in [-0.25, -0.2) is 4.39 Å². The van der Waals surface area contributed by atoms with Crippen LogP contribution in [0.25, 0.3) is 0 Å². The summed E-state index contributed by atoms with van der Waals surface area (Å²) in [5.41, 5.74) is 3.30. The lowest BCUT2D eigenvalue weighted by atomic mass is 9.99. The molecule has 4 heteroatoms. The molecule has 0 amide bonds. The van der Waals surface area contributed by atoms with Crippen molar-refractivity contribution in [1.29, 1.82) is 0 Å². The van der Waals surface area contributed by atoms with Gasteiger partial charge in [0, 0.05) is 5.56 Å². The second-order valence-electron chi connectivity index (χ2n) is 4.69. The zero-order chi connectivity index (χ0) is 14.9. The van der Waals surface area contributed by atoms with Crippen LogP contribution in [0.4, 0.5) is 4.39 Å². The highest BCUT2D eigenvalue weighted by molar-refractivity contribution is 9.10. The summed E-state index contributed by atoms with van der Waals surface area (Å²) in [5, 5.41) is -0.532. The predicted octanol–water partition coefficient (Wildman–Crippen LogP) is 5.54. The molecular weight excluding hydrogens is 343 g/mol. The van der Waals surface area contributed by atoms with Gasteiger partial charge in [0.15, 0.2) is 0 Å². The molecule has 0 aromatic heterocycles. The molecule has 0 heterocycles. The number of aryl methyl sites for hydroxylation is 2. The second-order valence-corrected chi connectivity index (χ2v) is 5.98. The van der Waals surface area contributed by atoms with Crippen molar-refractivity contribution >= 4 is 27.5 Å². The molecule has 0 aliphatic rings. The lowest BCUT2D eigenvalue weighted by Gasteiger charge is -2.16. The summed E-state index contributed by atoms with van der Waals surface area (Å²) in [6.45, 7) is 3.91. The molecule has 2 aromatic carbocycles. The first-order chi connectivity index (χ1) is 9.45. The largest absolute Gasteiger partial charge is 0.496 e. The molecule has 0 N–H and O–H groups in total. The first-order valence-electron chi connectivity index (χ1n) is 6.18. The Bertz CT molecular complexity index is 619. The van der Waals surface area contributed by atoms with Crippen LogP contribution in [0.5, 0.6) is 5.75 Å². The third-order valence-corrected chi connectivity index (χ3v) is 4.33. The molecule has 0 aliphatic carbocycles. The van der Waals surface area contributed by atoms with Crippen LogP contribution in [-0.2, 0) is 0 Å². The van der Waals surface area contributed by atoms with Crippen molar-refractivity contribution in [2.75, 3.05) is 7.11 Å². The second kappa shape index (κ2) is 6.15. The van der Waals surface area contributed by atoms with Crippen molar-refractivity contribution in [2.45, 2.75) is 19.2 Å². The standard InChI is InChI=1S/C16H15BrClFO/c1-9-7-11(8-10(2)16(9)20-3)14(18)12-5-4-6-13(17)15(12)19/h4-8,14H,1-3H3. The number of rotatable bonds is 3. The van der Waals surface area contributed by atoms with Crippen LogP contribution in [-0.4, -0.2) is 7.11 Å². The maximum absolute atomic E-state index is 14.1. The highest BCUT2D eigenvalue weighted by atomic mass is 79.9. The Hall–Kier alpha value is -1.06. The van der Waals surface area contributed by atoms with E-state index in [9.17, 15) is 4.39 Å². The minimum Gasteiger partial charge on any atom is -0.496 e. The SMILES string of the molecule is COc1c(C)cc(C(Cl)c2cccc(Br)c2F)cc1C. The lowest BCUT2D eigenvalue weighted by molar-refractivity contribution is 0.408. The smallest absolute Gasteiger partial charge is 0.142 e. The van der Waals surface area contributed by atoms with Gasteiger partial charge < -0.3 is 4.74 Å². The Morgan fingerprint density at radius 3 is 2.35 bits per heavy atom. The van der Waals surface area contributed by atoms with Gasteiger partial charge in [-0.1, -0.05) is 24.3 Å². The molecule has 0 saturated heterocycles. The van der Waals surface area contributed by atoms with Crippen LogP contribution in [0.15, 0.2) is 34.8 Å². The average Bonchev–Trinajstić information content (AvgIpc) is 2.41.